The molecule has 0 aromatic heterocycles. The molecule has 7 nitrogen and oxygen atoms in total. The lowest BCUT2D eigenvalue weighted by Crippen LogP contribution is -2.49. The van der Waals surface area contributed by atoms with Crippen LogP contribution in [0.5, 0.6) is 5.75 Å². The van der Waals surface area contributed by atoms with Crippen molar-refractivity contribution >= 4 is 29.3 Å². The van der Waals surface area contributed by atoms with Gasteiger partial charge < -0.3 is 21.1 Å². The summed E-state index contributed by atoms with van der Waals surface area (Å²) in [4.78, 5) is 35.7. The summed E-state index contributed by atoms with van der Waals surface area (Å²) in [6.45, 7) is -0.277. The minimum Gasteiger partial charge on any atom is -0.495 e. The first-order valence-corrected chi connectivity index (χ1v) is 8.53. The van der Waals surface area contributed by atoms with E-state index in [1.807, 2.05) is 0 Å². The molecule has 1 atom stereocenters. The van der Waals surface area contributed by atoms with E-state index < -0.39 is 17.9 Å². The normalized spacial score (nSPS) is 11.3. The zero-order chi connectivity index (χ0) is 19.8. The predicted molar refractivity (Wildman–Crippen MR) is 102 cm³/mol. The summed E-state index contributed by atoms with van der Waals surface area (Å²) in [5.41, 5.74) is 6.52. The summed E-state index contributed by atoms with van der Waals surface area (Å²) in [6.07, 6.45) is 0.164. The van der Waals surface area contributed by atoms with E-state index in [-0.39, 0.29) is 18.9 Å². The number of carbonyl (C=O) groups excluding carboxylic acids is 3. The highest BCUT2D eigenvalue weighted by atomic mass is 35.5. The van der Waals surface area contributed by atoms with Gasteiger partial charge in [-0.25, -0.2) is 0 Å². The predicted octanol–water partition coefficient (Wildman–Crippen LogP) is 1.29. The maximum atomic E-state index is 12.1. The van der Waals surface area contributed by atoms with Crippen LogP contribution < -0.4 is 21.1 Å². The molecule has 0 aliphatic heterocycles. The van der Waals surface area contributed by atoms with E-state index in [0.29, 0.717) is 21.9 Å². The molecule has 0 unspecified atom stereocenters. The number of hydrogen-bond donors (Lipinski definition) is 3. The van der Waals surface area contributed by atoms with E-state index in [2.05, 4.69) is 10.6 Å². The summed E-state index contributed by atoms with van der Waals surface area (Å²) in [6, 6.07) is 12.6. The Hall–Kier alpha value is -3.06. The molecular weight excluding hydrogens is 370 g/mol. The molecule has 2 aromatic carbocycles. The number of halogens is 1. The number of methoxy groups -OCH3 is 1. The number of benzene rings is 2. The third-order valence-corrected chi connectivity index (χ3v) is 4.08. The summed E-state index contributed by atoms with van der Waals surface area (Å²) in [5.74, 6) is -1.10. The van der Waals surface area contributed by atoms with Gasteiger partial charge >= 0.3 is 0 Å². The van der Waals surface area contributed by atoms with Crippen LogP contribution in [0.3, 0.4) is 0 Å². The number of amides is 3. The van der Waals surface area contributed by atoms with Crippen molar-refractivity contribution in [1.29, 1.82) is 0 Å². The lowest BCUT2D eigenvalue weighted by molar-refractivity contribution is -0.126. The van der Waals surface area contributed by atoms with E-state index in [9.17, 15) is 14.4 Å². The van der Waals surface area contributed by atoms with Crippen molar-refractivity contribution in [3.8, 4) is 5.75 Å². The molecule has 27 heavy (non-hydrogen) atoms. The molecule has 0 radical (unpaired) electrons. The Morgan fingerprint density at radius 3 is 2.44 bits per heavy atom. The Morgan fingerprint density at radius 1 is 1.15 bits per heavy atom. The fraction of sp³-hybridized carbons (Fsp3) is 0.211. The summed E-state index contributed by atoms with van der Waals surface area (Å²) >= 11 is 6.07. The lowest BCUT2D eigenvalue weighted by atomic mass is 10.1. The molecule has 0 saturated heterocycles. The van der Waals surface area contributed by atoms with Gasteiger partial charge in [-0.3, -0.25) is 14.4 Å². The average Bonchev–Trinajstić information content (AvgIpc) is 2.66. The van der Waals surface area contributed by atoms with Crippen LogP contribution in [0.4, 0.5) is 0 Å². The monoisotopic (exact) mass is 389 g/mol. The molecule has 3 amide bonds. The summed E-state index contributed by atoms with van der Waals surface area (Å²) < 4.78 is 5.07. The largest absolute Gasteiger partial charge is 0.495 e. The van der Waals surface area contributed by atoms with Gasteiger partial charge in [0.15, 0.2) is 0 Å². The third kappa shape index (κ3) is 6.00. The second kappa shape index (κ2) is 9.59. The van der Waals surface area contributed by atoms with E-state index >= 15 is 0 Å². The second-order valence-corrected chi connectivity index (χ2v) is 6.15. The van der Waals surface area contributed by atoms with Crippen LogP contribution in [0.1, 0.15) is 15.9 Å². The first-order chi connectivity index (χ1) is 12.9. The van der Waals surface area contributed by atoms with E-state index in [1.54, 1.807) is 48.5 Å². The number of carbonyl (C=O) groups is 3. The molecule has 0 aliphatic carbocycles. The third-order valence-electron chi connectivity index (χ3n) is 3.78. The number of ether oxygens (including phenoxy) is 1. The number of hydrogen-bond acceptors (Lipinski definition) is 4. The van der Waals surface area contributed by atoms with Gasteiger partial charge in [-0.2, -0.15) is 0 Å². The van der Waals surface area contributed by atoms with Gasteiger partial charge in [0.1, 0.15) is 11.8 Å². The van der Waals surface area contributed by atoms with Gasteiger partial charge in [-0.05, 0) is 29.8 Å². The molecule has 2 aromatic rings. The van der Waals surface area contributed by atoms with Crippen molar-refractivity contribution in [2.24, 2.45) is 5.73 Å². The number of nitrogens with two attached hydrogens (primary N) is 1. The molecule has 4 N–H and O–H groups in total. The van der Waals surface area contributed by atoms with Crippen molar-refractivity contribution in [3.05, 3.63) is 64.7 Å². The van der Waals surface area contributed by atoms with Crippen molar-refractivity contribution < 1.29 is 19.1 Å². The maximum absolute atomic E-state index is 12.1. The highest BCUT2D eigenvalue weighted by Crippen LogP contribution is 2.25. The number of primary amides is 1. The quantitative estimate of drug-likeness (QED) is 0.631. The van der Waals surface area contributed by atoms with Crippen LogP contribution in [-0.2, 0) is 16.0 Å². The minimum absolute atomic E-state index is 0.164. The average molecular weight is 390 g/mol. The van der Waals surface area contributed by atoms with Crippen molar-refractivity contribution in [1.82, 2.24) is 10.6 Å². The topological polar surface area (TPSA) is 111 Å². The van der Waals surface area contributed by atoms with Gasteiger partial charge in [0.05, 0.1) is 18.7 Å². The van der Waals surface area contributed by atoms with Gasteiger partial charge in [0.25, 0.3) is 5.91 Å². The second-order valence-electron chi connectivity index (χ2n) is 5.74. The van der Waals surface area contributed by atoms with Crippen LogP contribution in [0.25, 0.3) is 0 Å². The van der Waals surface area contributed by atoms with Crippen molar-refractivity contribution in [3.63, 3.8) is 0 Å². The molecule has 0 aliphatic rings. The van der Waals surface area contributed by atoms with Crippen LogP contribution in [0.2, 0.25) is 5.02 Å². The Bertz CT molecular complexity index is 827. The Kier molecular flexibility index (Phi) is 7.19. The molecule has 2 rings (SSSR count). The molecule has 0 bridgehead atoms. The van der Waals surface area contributed by atoms with Crippen LogP contribution in [0.15, 0.2) is 48.5 Å². The maximum Gasteiger partial charge on any atom is 0.251 e. The molecule has 0 spiro atoms. The zero-order valence-electron chi connectivity index (χ0n) is 14.7. The van der Waals surface area contributed by atoms with Gasteiger partial charge in [-0.15, -0.1) is 0 Å². The lowest BCUT2D eigenvalue weighted by Gasteiger charge is -2.16. The van der Waals surface area contributed by atoms with Gasteiger partial charge in [0.2, 0.25) is 11.8 Å². The van der Waals surface area contributed by atoms with Crippen molar-refractivity contribution in [2.75, 3.05) is 13.7 Å². The van der Waals surface area contributed by atoms with Crippen molar-refractivity contribution in [2.45, 2.75) is 12.5 Å². The highest BCUT2D eigenvalue weighted by molar-refractivity contribution is 6.32. The molecule has 8 heteroatoms. The van der Waals surface area contributed by atoms with E-state index in [4.69, 9.17) is 22.1 Å². The number of rotatable bonds is 8. The Balaban J connectivity index is 1.93. The molecule has 142 valence electrons. The fourth-order valence-corrected chi connectivity index (χ4v) is 2.67. The first kappa shape index (κ1) is 20.3. The summed E-state index contributed by atoms with van der Waals surface area (Å²) in [7, 11) is 1.50. The molecule has 0 fully saturated rings. The highest BCUT2D eigenvalue weighted by Gasteiger charge is 2.19. The van der Waals surface area contributed by atoms with Crippen LogP contribution in [0, 0.1) is 0 Å². The van der Waals surface area contributed by atoms with Crippen LogP contribution >= 0.6 is 11.6 Å². The standard InChI is InChI=1S/C19H20ClN3O4/c1-27-16-8-7-12(9-14(16)20)10-15(18(21)25)23-17(24)11-22-19(26)13-5-3-2-4-6-13/h2-9,15H,10-11H2,1H3,(H2,21,25)(H,22,26)(H,23,24)/t15-/m0/s1. The molecular formula is C19H20ClN3O4. The van der Waals surface area contributed by atoms with E-state index in [1.165, 1.54) is 7.11 Å². The number of nitrogens with one attached hydrogen (secondary N) is 2. The van der Waals surface area contributed by atoms with Crippen LogP contribution in [-0.4, -0.2) is 37.4 Å². The smallest absolute Gasteiger partial charge is 0.251 e. The Morgan fingerprint density at radius 2 is 1.85 bits per heavy atom. The zero-order valence-corrected chi connectivity index (χ0v) is 15.5. The van der Waals surface area contributed by atoms with Gasteiger partial charge in [0, 0.05) is 12.0 Å². The summed E-state index contributed by atoms with van der Waals surface area (Å²) in [5, 5.41) is 5.40. The SMILES string of the molecule is COc1ccc(C[C@H](NC(=O)CNC(=O)c2ccccc2)C(N)=O)cc1Cl. The molecule has 0 saturated carbocycles. The van der Waals surface area contributed by atoms with E-state index in [0.717, 1.165) is 0 Å². The fourth-order valence-electron chi connectivity index (χ4n) is 2.39. The van der Waals surface area contributed by atoms with Gasteiger partial charge in [-0.1, -0.05) is 35.9 Å². The molecule has 0 heterocycles. The Labute approximate surface area is 161 Å². The first-order valence-electron chi connectivity index (χ1n) is 8.15. The minimum atomic E-state index is -0.935.